The van der Waals surface area contributed by atoms with E-state index in [4.69, 9.17) is 4.52 Å². The molecule has 1 aromatic rings. The molecule has 0 saturated heterocycles. The summed E-state index contributed by atoms with van der Waals surface area (Å²) in [4.78, 5) is 20.9. The summed E-state index contributed by atoms with van der Waals surface area (Å²) in [5.74, 6) is 0.606. The van der Waals surface area contributed by atoms with E-state index < -0.39 is 7.94 Å². The molecule has 0 heterocycles. The molecule has 0 spiro atoms. The molecular formula is C22H40O3P+. The van der Waals surface area contributed by atoms with Crippen LogP contribution in [0.4, 0.5) is 0 Å². The summed E-state index contributed by atoms with van der Waals surface area (Å²) in [7, 11) is -3.37. The average molecular weight is 384 g/mol. The van der Waals surface area contributed by atoms with Crippen molar-refractivity contribution >= 4 is 7.94 Å². The van der Waals surface area contributed by atoms with Crippen molar-refractivity contribution < 1.29 is 14.3 Å². The normalized spacial score (nSPS) is 13.1. The molecule has 1 rings (SSSR count). The van der Waals surface area contributed by atoms with Crippen molar-refractivity contribution in [2.24, 2.45) is 0 Å². The van der Waals surface area contributed by atoms with Crippen LogP contribution in [0.5, 0.6) is 5.75 Å². The molecule has 0 aromatic heterocycles. The first-order valence-corrected chi connectivity index (χ1v) is 11.8. The minimum atomic E-state index is -3.37. The minimum Gasteiger partial charge on any atom is -0.287 e. The second-order valence-electron chi connectivity index (χ2n) is 9.46. The minimum absolute atomic E-state index is 0.0433. The third-order valence-corrected chi connectivity index (χ3v) is 6.09. The first-order chi connectivity index (χ1) is 11.9. The van der Waals surface area contributed by atoms with Crippen molar-refractivity contribution in [3.63, 3.8) is 0 Å². The lowest BCUT2D eigenvalue weighted by Gasteiger charge is -2.27. The molecule has 1 aromatic carbocycles. The standard InChI is InChI=1S/C22H40O3P/c1-8-9-10-11-12-13-16-26(23,24)25-20-15-14-18(21(2,3)4)17-19(20)22(5,6)7/h14-15,17,23-24H,8-13,16H2,1-7H3/q+1. The highest BCUT2D eigenvalue weighted by molar-refractivity contribution is 7.60. The molecular weight excluding hydrogens is 343 g/mol. The van der Waals surface area contributed by atoms with E-state index in [-0.39, 0.29) is 10.8 Å². The lowest BCUT2D eigenvalue weighted by Crippen LogP contribution is -2.18. The van der Waals surface area contributed by atoms with Gasteiger partial charge in [0.2, 0.25) is 0 Å². The van der Waals surface area contributed by atoms with E-state index in [0.29, 0.717) is 11.9 Å². The Kier molecular flexibility index (Phi) is 8.58. The molecule has 0 aliphatic rings. The van der Waals surface area contributed by atoms with E-state index in [1.54, 1.807) is 0 Å². The Morgan fingerprint density at radius 3 is 1.96 bits per heavy atom. The monoisotopic (exact) mass is 383 g/mol. The summed E-state index contributed by atoms with van der Waals surface area (Å²) in [6.07, 6.45) is 7.02. The quantitative estimate of drug-likeness (QED) is 0.365. The Hall–Kier alpha value is -0.630. The SMILES string of the molecule is CCCCCCCC[P+](O)(O)Oc1ccc(C(C)(C)C)cc1C(C)(C)C. The van der Waals surface area contributed by atoms with Crippen molar-refractivity contribution in [1.29, 1.82) is 0 Å². The number of rotatable bonds is 9. The van der Waals surface area contributed by atoms with Gasteiger partial charge in [0.25, 0.3) is 0 Å². The van der Waals surface area contributed by atoms with E-state index in [2.05, 4.69) is 54.5 Å². The molecule has 2 N–H and O–H groups in total. The van der Waals surface area contributed by atoms with Crippen molar-refractivity contribution in [1.82, 2.24) is 0 Å². The zero-order valence-electron chi connectivity index (χ0n) is 17.9. The average Bonchev–Trinajstić information content (AvgIpc) is 2.48. The molecule has 0 aliphatic carbocycles. The van der Waals surface area contributed by atoms with Crippen LogP contribution in [0, 0.1) is 0 Å². The first kappa shape index (κ1) is 23.4. The molecule has 150 valence electrons. The molecule has 0 bridgehead atoms. The van der Waals surface area contributed by atoms with Crippen molar-refractivity contribution in [3.05, 3.63) is 29.3 Å². The van der Waals surface area contributed by atoms with Gasteiger partial charge in [0.15, 0.2) is 5.75 Å². The van der Waals surface area contributed by atoms with Gasteiger partial charge < -0.3 is 0 Å². The van der Waals surface area contributed by atoms with E-state index in [0.717, 1.165) is 24.8 Å². The Bertz CT molecular complexity index is 553. The van der Waals surface area contributed by atoms with Crippen LogP contribution in [-0.4, -0.2) is 15.9 Å². The Labute approximate surface area is 161 Å². The van der Waals surface area contributed by atoms with E-state index in [1.807, 2.05) is 12.1 Å². The van der Waals surface area contributed by atoms with Gasteiger partial charge in [-0.05, 0) is 35.3 Å². The van der Waals surface area contributed by atoms with Gasteiger partial charge in [0.1, 0.15) is 6.16 Å². The van der Waals surface area contributed by atoms with Crippen molar-refractivity contribution in [3.8, 4) is 5.75 Å². The number of hydrogen-bond donors (Lipinski definition) is 2. The van der Waals surface area contributed by atoms with Crippen LogP contribution >= 0.6 is 7.94 Å². The Morgan fingerprint density at radius 2 is 1.42 bits per heavy atom. The molecule has 0 saturated carbocycles. The van der Waals surface area contributed by atoms with Crippen molar-refractivity contribution in [2.45, 2.75) is 97.8 Å². The van der Waals surface area contributed by atoms with Crippen LogP contribution in [-0.2, 0) is 10.8 Å². The molecule has 26 heavy (non-hydrogen) atoms. The molecule has 4 heteroatoms. The van der Waals surface area contributed by atoms with E-state index in [1.165, 1.54) is 24.8 Å². The maximum atomic E-state index is 10.4. The summed E-state index contributed by atoms with van der Waals surface area (Å²) in [5.41, 5.74) is 2.17. The van der Waals surface area contributed by atoms with Crippen LogP contribution in [0.2, 0.25) is 0 Å². The zero-order valence-corrected chi connectivity index (χ0v) is 18.8. The van der Waals surface area contributed by atoms with Gasteiger partial charge in [-0.3, -0.25) is 4.52 Å². The second kappa shape index (κ2) is 9.53. The Morgan fingerprint density at radius 1 is 0.846 bits per heavy atom. The lowest BCUT2D eigenvalue weighted by molar-refractivity contribution is 0.332. The maximum Gasteiger partial charge on any atom is 0.451 e. The molecule has 0 radical (unpaired) electrons. The van der Waals surface area contributed by atoms with Gasteiger partial charge in [-0.25, -0.2) is 0 Å². The largest absolute Gasteiger partial charge is 0.451 e. The highest BCUT2D eigenvalue weighted by Gasteiger charge is 2.38. The number of hydrogen-bond acceptors (Lipinski definition) is 3. The highest BCUT2D eigenvalue weighted by Crippen LogP contribution is 2.53. The summed E-state index contributed by atoms with van der Waals surface area (Å²) < 4.78 is 5.78. The molecule has 3 nitrogen and oxygen atoms in total. The topological polar surface area (TPSA) is 49.7 Å². The molecule has 0 aliphatic heterocycles. The van der Waals surface area contributed by atoms with Gasteiger partial charge in [0, 0.05) is 5.56 Å². The molecule has 0 fully saturated rings. The summed E-state index contributed by atoms with van der Waals surface area (Å²) in [6, 6.07) is 6.10. The summed E-state index contributed by atoms with van der Waals surface area (Å²) in [5, 5.41) is 0. The molecule has 0 unspecified atom stereocenters. The maximum absolute atomic E-state index is 10.4. The van der Waals surface area contributed by atoms with Crippen LogP contribution in [0.25, 0.3) is 0 Å². The van der Waals surface area contributed by atoms with Gasteiger partial charge in [-0.15, -0.1) is 0 Å². The number of unbranched alkanes of at least 4 members (excludes halogenated alkanes) is 5. The summed E-state index contributed by atoms with van der Waals surface area (Å²) >= 11 is 0. The van der Waals surface area contributed by atoms with Crippen LogP contribution in [0.1, 0.15) is 98.1 Å². The lowest BCUT2D eigenvalue weighted by atomic mass is 9.80. The van der Waals surface area contributed by atoms with Crippen LogP contribution < -0.4 is 4.52 Å². The molecule has 0 atom stereocenters. The summed E-state index contributed by atoms with van der Waals surface area (Å²) in [6.45, 7) is 15.1. The van der Waals surface area contributed by atoms with Crippen LogP contribution in [0.3, 0.4) is 0 Å². The fraction of sp³-hybridized carbons (Fsp3) is 0.727. The third-order valence-electron chi connectivity index (χ3n) is 4.70. The number of benzene rings is 1. The van der Waals surface area contributed by atoms with E-state index >= 15 is 0 Å². The van der Waals surface area contributed by atoms with Gasteiger partial charge in [0.05, 0.1) is 0 Å². The first-order valence-electron chi connectivity index (χ1n) is 10.0. The van der Waals surface area contributed by atoms with Gasteiger partial charge in [-0.1, -0.05) is 86.3 Å². The second-order valence-corrected chi connectivity index (χ2v) is 11.4. The fourth-order valence-electron chi connectivity index (χ4n) is 2.96. The van der Waals surface area contributed by atoms with Gasteiger partial charge in [-0.2, -0.15) is 9.79 Å². The zero-order chi connectivity index (χ0) is 20.0. The highest BCUT2D eigenvalue weighted by atomic mass is 31.2. The van der Waals surface area contributed by atoms with Crippen LogP contribution in [0.15, 0.2) is 18.2 Å². The van der Waals surface area contributed by atoms with E-state index in [9.17, 15) is 9.79 Å². The smallest absolute Gasteiger partial charge is 0.287 e. The Balaban J connectivity index is 2.84. The van der Waals surface area contributed by atoms with Crippen molar-refractivity contribution in [2.75, 3.05) is 6.16 Å². The molecule has 0 amide bonds. The predicted octanol–water partition coefficient (Wildman–Crippen LogP) is 6.77. The fourth-order valence-corrected chi connectivity index (χ4v) is 4.16. The van der Waals surface area contributed by atoms with Gasteiger partial charge >= 0.3 is 7.94 Å². The predicted molar refractivity (Wildman–Crippen MR) is 114 cm³/mol. The third kappa shape index (κ3) is 7.94.